The van der Waals surface area contributed by atoms with Crippen molar-refractivity contribution in [3.63, 3.8) is 0 Å². The van der Waals surface area contributed by atoms with Gasteiger partial charge < -0.3 is 32.6 Å². The quantitative estimate of drug-likeness (QED) is 0.129. The number of ether oxygens (including phenoxy) is 1. The molecular formula is C20H34Br2N6O2. The third-order valence-corrected chi connectivity index (χ3v) is 5.61. The third kappa shape index (κ3) is 10.6. The predicted octanol–water partition coefficient (Wildman–Crippen LogP) is 2.02. The molecule has 1 unspecified atom stereocenters. The topological polar surface area (TPSA) is 141 Å². The van der Waals surface area contributed by atoms with Crippen molar-refractivity contribution in [3.05, 3.63) is 26.6 Å². The maximum absolute atomic E-state index is 12.5. The minimum absolute atomic E-state index is 0.00600. The van der Waals surface area contributed by atoms with Gasteiger partial charge in [0, 0.05) is 13.1 Å². The summed E-state index contributed by atoms with van der Waals surface area (Å²) < 4.78 is 7.46. The van der Waals surface area contributed by atoms with Crippen LogP contribution in [0.1, 0.15) is 37.7 Å². The van der Waals surface area contributed by atoms with E-state index in [9.17, 15) is 4.79 Å². The van der Waals surface area contributed by atoms with E-state index in [2.05, 4.69) is 47.5 Å². The summed E-state index contributed by atoms with van der Waals surface area (Å²) in [6.45, 7) is 2.45. The smallest absolute Gasteiger partial charge is 0.237 e. The molecule has 0 saturated heterocycles. The Bertz CT molecular complexity index is 660. The van der Waals surface area contributed by atoms with Crippen LogP contribution >= 0.6 is 31.9 Å². The molecule has 170 valence electrons. The summed E-state index contributed by atoms with van der Waals surface area (Å²) in [5, 5.41) is 6.11. The summed E-state index contributed by atoms with van der Waals surface area (Å²) in [5.74, 6) is 0.874. The lowest BCUT2D eigenvalue weighted by Crippen LogP contribution is -2.44. The Morgan fingerprint density at radius 2 is 1.80 bits per heavy atom. The van der Waals surface area contributed by atoms with Crippen LogP contribution < -0.4 is 32.6 Å². The van der Waals surface area contributed by atoms with Crippen molar-refractivity contribution in [2.45, 2.75) is 44.6 Å². The van der Waals surface area contributed by atoms with E-state index in [-0.39, 0.29) is 17.9 Å². The average Bonchev–Trinajstić information content (AvgIpc) is 2.69. The van der Waals surface area contributed by atoms with Crippen LogP contribution in [0.2, 0.25) is 0 Å². The highest BCUT2D eigenvalue weighted by Gasteiger charge is 2.18. The number of carbonyl (C=O) groups is 1. The first-order chi connectivity index (χ1) is 14.4. The highest BCUT2D eigenvalue weighted by Crippen LogP contribution is 2.35. The van der Waals surface area contributed by atoms with Crippen LogP contribution in [-0.4, -0.2) is 51.2 Å². The highest BCUT2D eigenvalue weighted by atomic mass is 79.9. The normalized spacial score (nSPS) is 11.7. The first kappa shape index (κ1) is 26.7. The molecule has 10 heteroatoms. The Balaban J connectivity index is 2.45. The number of rotatable bonds is 15. The van der Waals surface area contributed by atoms with Gasteiger partial charge in [0.05, 0.1) is 21.6 Å². The number of likely N-dealkylation sites (N-methyl/N-ethyl adjacent to an activating group) is 1. The molecule has 1 aromatic carbocycles. The number of guanidine groups is 1. The Labute approximate surface area is 196 Å². The summed E-state index contributed by atoms with van der Waals surface area (Å²) in [6, 6.07) is 3.66. The van der Waals surface area contributed by atoms with E-state index in [1.54, 1.807) is 7.05 Å². The molecule has 0 aliphatic rings. The number of aliphatic imine (C=N–C) groups is 1. The molecule has 1 amide bonds. The number of benzene rings is 1. The monoisotopic (exact) mass is 548 g/mol. The van der Waals surface area contributed by atoms with Crippen LogP contribution in [-0.2, 0) is 11.2 Å². The van der Waals surface area contributed by atoms with Crippen LogP contribution in [0.25, 0.3) is 0 Å². The number of amides is 1. The van der Waals surface area contributed by atoms with Crippen molar-refractivity contribution in [2.24, 2.45) is 22.2 Å². The second-order valence-electron chi connectivity index (χ2n) is 6.94. The van der Waals surface area contributed by atoms with Crippen molar-refractivity contribution >= 4 is 43.7 Å². The number of nitrogens with zero attached hydrogens (tertiary/aromatic N) is 1. The van der Waals surface area contributed by atoms with Gasteiger partial charge in [0.15, 0.2) is 5.96 Å². The van der Waals surface area contributed by atoms with Gasteiger partial charge >= 0.3 is 0 Å². The number of carbonyl (C=O) groups excluding carboxylic acids is 1. The second-order valence-corrected chi connectivity index (χ2v) is 8.65. The molecule has 0 saturated carbocycles. The average molecular weight is 550 g/mol. The lowest BCUT2D eigenvalue weighted by atomic mass is 10.0. The lowest BCUT2D eigenvalue weighted by Gasteiger charge is -2.18. The van der Waals surface area contributed by atoms with Crippen LogP contribution in [0.3, 0.4) is 0 Å². The van der Waals surface area contributed by atoms with Gasteiger partial charge in [0.1, 0.15) is 5.75 Å². The van der Waals surface area contributed by atoms with E-state index in [0.29, 0.717) is 32.7 Å². The predicted molar refractivity (Wildman–Crippen MR) is 130 cm³/mol. The van der Waals surface area contributed by atoms with Gasteiger partial charge in [-0.1, -0.05) is 12.8 Å². The summed E-state index contributed by atoms with van der Waals surface area (Å²) >= 11 is 7.11. The largest absolute Gasteiger partial charge is 0.491 e. The fraction of sp³-hybridized carbons (Fsp3) is 0.600. The van der Waals surface area contributed by atoms with Gasteiger partial charge in [-0.2, -0.15) is 0 Å². The summed E-state index contributed by atoms with van der Waals surface area (Å²) in [4.78, 5) is 16.5. The van der Waals surface area contributed by atoms with Crippen molar-refractivity contribution < 1.29 is 9.53 Å². The zero-order chi connectivity index (χ0) is 22.4. The Morgan fingerprint density at radius 3 is 2.40 bits per heavy atom. The number of nitrogens with one attached hydrogen (secondary N) is 2. The van der Waals surface area contributed by atoms with Gasteiger partial charge in [-0.3, -0.25) is 9.79 Å². The van der Waals surface area contributed by atoms with E-state index in [1.807, 2.05) is 12.1 Å². The zero-order valence-corrected chi connectivity index (χ0v) is 20.7. The van der Waals surface area contributed by atoms with Crippen molar-refractivity contribution in [1.29, 1.82) is 0 Å². The van der Waals surface area contributed by atoms with Crippen LogP contribution in [0, 0.1) is 0 Å². The molecule has 1 rings (SSSR count). The first-order valence-electron chi connectivity index (χ1n) is 10.2. The number of nitrogens with two attached hydrogens (primary N) is 3. The number of hydrogen-bond acceptors (Lipinski definition) is 5. The number of hydrogen-bond donors (Lipinski definition) is 5. The van der Waals surface area contributed by atoms with Crippen molar-refractivity contribution in [2.75, 3.05) is 33.3 Å². The van der Waals surface area contributed by atoms with Gasteiger partial charge in [0.25, 0.3) is 0 Å². The van der Waals surface area contributed by atoms with E-state index in [0.717, 1.165) is 52.4 Å². The van der Waals surface area contributed by atoms with E-state index in [1.165, 1.54) is 0 Å². The van der Waals surface area contributed by atoms with E-state index < -0.39 is 0 Å². The van der Waals surface area contributed by atoms with Gasteiger partial charge in [-0.15, -0.1) is 0 Å². The molecule has 30 heavy (non-hydrogen) atoms. The highest BCUT2D eigenvalue weighted by molar-refractivity contribution is 9.11. The van der Waals surface area contributed by atoms with Crippen molar-refractivity contribution in [3.8, 4) is 5.75 Å². The summed E-state index contributed by atoms with van der Waals surface area (Å²) in [6.07, 6.45) is 5.29. The fourth-order valence-electron chi connectivity index (χ4n) is 2.82. The number of unbranched alkanes of at least 4 members (excludes halogenated alkanes) is 3. The molecule has 0 bridgehead atoms. The van der Waals surface area contributed by atoms with Gasteiger partial charge in [-0.25, -0.2) is 0 Å². The first-order valence-corrected chi connectivity index (χ1v) is 11.8. The molecular weight excluding hydrogens is 516 g/mol. The number of halogens is 2. The van der Waals surface area contributed by atoms with Gasteiger partial charge in [-0.05, 0) is 88.8 Å². The molecule has 0 heterocycles. The third-order valence-electron chi connectivity index (χ3n) is 4.44. The molecule has 0 aliphatic heterocycles. The van der Waals surface area contributed by atoms with Gasteiger partial charge in [0.2, 0.25) is 5.91 Å². The molecule has 8 N–H and O–H groups in total. The van der Waals surface area contributed by atoms with Crippen molar-refractivity contribution in [1.82, 2.24) is 10.6 Å². The minimum Gasteiger partial charge on any atom is -0.491 e. The molecule has 0 radical (unpaired) electrons. The Hall–Kier alpha value is -1.36. The van der Waals surface area contributed by atoms with E-state index in [4.69, 9.17) is 21.9 Å². The summed E-state index contributed by atoms with van der Waals surface area (Å²) in [5.41, 5.74) is 17.1. The molecule has 0 spiro atoms. The van der Waals surface area contributed by atoms with Crippen LogP contribution in [0.4, 0.5) is 0 Å². The summed E-state index contributed by atoms with van der Waals surface area (Å²) in [7, 11) is 1.79. The fourth-order valence-corrected chi connectivity index (χ4v) is 4.33. The molecule has 0 aliphatic carbocycles. The molecule has 8 nitrogen and oxygen atoms in total. The van der Waals surface area contributed by atoms with E-state index >= 15 is 0 Å². The minimum atomic E-state index is -0.310. The second kappa shape index (κ2) is 15.4. The molecule has 0 fully saturated rings. The molecule has 1 aromatic rings. The standard InChI is InChI=1S/C20H34Br2N6O2/c1-26-17(19(29)27-8-4-2-3-5-9-28-20(24)25)13-14-11-15(21)18(16(22)12-14)30-10-6-7-23/h11-12,17,26H,2-10,13,23H2,1H3,(H,27,29)(H4,24,25,28). The zero-order valence-electron chi connectivity index (χ0n) is 17.6. The Morgan fingerprint density at radius 1 is 1.13 bits per heavy atom. The maximum atomic E-state index is 12.5. The maximum Gasteiger partial charge on any atom is 0.237 e. The van der Waals surface area contributed by atoms with Crippen LogP contribution in [0.5, 0.6) is 5.75 Å². The Kier molecular flexibility index (Phi) is 13.7. The lowest BCUT2D eigenvalue weighted by molar-refractivity contribution is -0.123. The molecule has 1 atom stereocenters. The molecule has 0 aromatic heterocycles. The SMILES string of the molecule is CNC(Cc1cc(Br)c(OCCCN)c(Br)c1)C(=O)NCCCCCCN=C(N)N. The van der Waals surface area contributed by atoms with Crippen LogP contribution in [0.15, 0.2) is 26.1 Å².